The lowest BCUT2D eigenvalue weighted by Gasteiger charge is -2.18. The first-order valence-corrected chi connectivity index (χ1v) is 11.4. The van der Waals surface area contributed by atoms with E-state index in [4.69, 9.17) is 6.57 Å². The van der Waals surface area contributed by atoms with E-state index in [1.807, 2.05) is 0 Å². The van der Waals surface area contributed by atoms with Crippen molar-refractivity contribution >= 4 is 29.1 Å². The summed E-state index contributed by atoms with van der Waals surface area (Å²) < 4.78 is 1.32. The molecule has 4 aromatic rings. The quantitative estimate of drug-likeness (QED) is 0.275. The Bertz CT molecular complexity index is 1600. The zero-order valence-corrected chi connectivity index (χ0v) is 19.7. The molecule has 5 rings (SSSR count). The molecule has 0 aliphatic heterocycles. The highest BCUT2D eigenvalue weighted by molar-refractivity contribution is 5.98. The van der Waals surface area contributed by atoms with E-state index >= 15 is 0 Å². The minimum atomic E-state index is -0.875. The average Bonchev–Trinajstić information content (AvgIpc) is 3.50. The largest absolute Gasteiger partial charge is 0.390 e. The summed E-state index contributed by atoms with van der Waals surface area (Å²) in [6.07, 6.45) is 2.38. The Morgan fingerprint density at radius 3 is 2.76 bits per heavy atom. The number of ketones is 1. The smallest absolute Gasteiger partial charge is 0.270 e. The zero-order valence-electron chi connectivity index (χ0n) is 19.7. The highest BCUT2D eigenvalue weighted by atomic mass is 16.3. The van der Waals surface area contributed by atoms with Crippen LogP contribution < -0.4 is 10.6 Å². The van der Waals surface area contributed by atoms with E-state index in [9.17, 15) is 19.5 Å². The van der Waals surface area contributed by atoms with E-state index in [2.05, 4.69) is 30.5 Å². The van der Waals surface area contributed by atoms with Crippen molar-refractivity contribution in [2.75, 3.05) is 0 Å². The second-order valence-corrected chi connectivity index (χ2v) is 8.64. The number of fused-ring (bicyclic) bond motifs is 2. The van der Waals surface area contributed by atoms with Gasteiger partial charge in [-0.2, -0.15) is 5.10 Å². The van der Waals surface area contributed by atoms with Gasteiger partial charge in [0, 0.05) is 30.7 Å². The maximum Gasteiger partial charge on any atom is 0.270 e. The number of hydrogen-bond acceptors (Lipinski definition) is 7. The number of carbonyl (C=O) groups is 3. The van der Waals surface area contributed by atoms with Gasteiger partial charge in [0.05, 0.1) is 18.3 Å². The van der Waals surface area contributed by atoms with Crippen LogP contribution in [0.4, 0.5) is 5.82 Å². The molecule has 0 saturated carbocycles. The number of amides is 2. The highest BCUT2D eigenvalue weighted by Crippen LogP contribution is 2.32. The number of benzene rings is 1. The van der Waals surface area contributed by atoms with E-state index in [1.54, 1.807) is 36.4 Å². The maximum atomic E-state index is 13.3. The normalized spacial score (nSPS) is 16.1. The summed E-state index contributed by atoms with van der Waals surface area (Å²) in [5.41, 5.74) is 3.14. The number of Topliss-reactive ketones (excluding diaryl/α,β-unsaturated/α-hetero) is 1. The Labute approximate surface area is 211 Å². The predicted octanol–water partition coefficient (Wildman–Crippen LogP) is 2.20. The first-order chi connectivity index (χ1) is 17.8. The fraction of sp³-hybridized carbons (Fsp3) is 0.192. The lowest BCUT2D eigenvalue weighted by molar-refractivity contribution is 0.0850. The van der Waals surface area contributed by atoms with Crippen molar-refractivity contribution in [1.29, 1.82) is 0 Å². The Morgan fingerprint density at radius 1 is 1.14 bits per heavy atom. The standard InChI is InChI=1S/C26H21N7O4/c1-14(34)16-3-4-18-17(10-16)11-21(35)24(18)32-26(37)20-12-19(31-23-6-8-30-33(20)23)25(36)29-13-15-5-7-28-22(9-15)27-2/h3-10,12,21,24,35H,11,13H2,1H3,(H,29,36)(H,32,37)/t21-,24+/m0/s1. The van der Waals surface area contributed by atoms with Crippen LogP contribution >= 0.6 is 0 Å². The van der Waals surface area contributed by atoms with Crippen LogP contribution in [0.15, 0.2) is 54.9 Å². The van der Waals surface area contributed by atoms with Crippen molar-refractivity contribution in [3.05, 3.63) is 99.9 Å². The molecule has 0 spiro atoms. The van der Waals surface area contributed by atoms with Crippen LogP contribution in [0.2, 0.25) is 0 Å². The molecule has 0 radical (unpaired) electrons. The summed E-state index contributed by atoms with van der Waals surface area (Å²) >= 11 is 0. The SMILES string of the molecule is [C-]#[N+]c1cc(CNC(=O)c2cc(C(=O)N[C@@H]3c4ccc(C(C)=O)cc4C[C@@H]3O)n3nccc3n2)ccn1. The lowest BCUT2D eigenvalue weighted by Crippen LogP contribution is -2.35. The third-order valence-electron chi connectivity index (χ3n) is 6.19. The number of nitrogens with zero attached hydrogens (tertiary/aromatic N) is 5. The van der Waals surface area contributed by atoms with Crippen molar-refractivity contribution < 1.29 is 19.5 Å². The molecule has 37 heavy (non-hydrogen) atoms. The first-order valence-electron chi connectivity index (χ1n) is 11.4. The number of aliphatic hydroxyl groups is 1. The summed E-state index contributed by atoms with van der Waals surface area (Å²) in [4.78, 5) is 49.4. The number of hydrogen-bond donors (Lipinski definition) is 3. The molecule has 3 heterocycles. The van der Waals surface area contributed by atoms with Gasteiger partial charge in [0.2, 0.25) is 0 Å². The van der Waals surface area contributed by atoms with Gasteiger partial charge in [0.25, 0.3) is 17.6 Å². The Morgan fingerprint density at radius 2 is 1.97 bits per heavy atom. The van der Waals surface area contributed by atoms with Gasteiger partial charge in [0.15, 0.2) is 11.4 Å². The summed E-state index contributed by atoms with van der Waals surface area (Å²) in [5.74, 6) is -0.919. The van der Waals surface area contributed by atoms with Gasteiger partial charge >= 0.3 is 0 Å². The summed E-state index contributed by atoms with van der Waals surface area (Å²) in [6.45, 7) is 8.68. The third-order valence-corrected chi connectivity index (χ3v) is 6.19. The molecule has 1 aromatic carbocycles. The molecule has 0 saturated heterocycles. The van der Waals surface area contributed by atoms with Crippen LogP contribution in [0, 0.1) is 6.57 Å². The minimum absolute atomic E-state index is 0.0103. The van der Waals surface area contributed by atoms with Gasteiger partial charge in [-0.3, -0.25) is 14.4 Å². The van der Waals surface area contributed by atoms with Gasteiger partial charge < -0.3 is 20.6 Å². The second-order valence-electron chi connectivity index (χ2n) is 8.64. The number of pyridine rings is 1. The molecule has 0 unspecified atom stereocenters. The second kappa shape index (κ2) is 9.60. The van der Waals surface area contributed by atoms with Gasteiger partial charge in [-0.15, -0.1) is 4.98 Å². The molecule has 0 bridgehead atoms. The Balaban J connectivity index is 1.38. The molecular formula is C26H21N7O4. The van der Waals surface area contributed by atoms with Crippen LogP contribution in [-0.2, 0) is 13.0 Å². The van der Waals surface area contributed by atoms with Crippen molar-refractivity contribution in [1.82, 2.24) is 30.2 Å². The van der Waals surface area contributed by atoms with Crippen molar-refractivity contribution in [2.45, 2.75) is 32.0 Å². The molecule has 2 amide bonds. The van der Waals surface area contributed by atoms with Crippen LogP contribution in [-0.4, -0.2) is 48.4 Å². The molecule has 184 valence electrons. The van der Waals surface area contributed by atoms with Crippen LogP contribution in [0.25, 0.3) is 10.5 Å². The fourth-order valence-electron chi connectivity index (χ4n) is 4.34. The Hall–Kier alpha value is -4.95. The highest BCUT2D eigenvalue weighted by Gasteiger charge is 2.33. The fourth-order valence-corrected chi connectivity index (χ4v) is 4.34. The van der Waals surface area contributed by atoms with E-state index in [1.165, 1.54) is 29.9 Å². The zero-order chi connectivity index (χ0) is 26.1. The van der Waals surface area contributed by atoms with Gasteiger partial charge in [-0.1, -0.05) is 18.7 Å². The van der Waals surface area contributed by atoms with Crippen LogP contribution in [0.1, 0.15) is 61.0 Å². The lowest BCUT2D eigenvalue weighted by atomic mass is 10.0. The van der Waals surface area contributed by atoms with E-state index in [0.717, 1.165) is 11.1 Å². The van der Waals surface area contributed by atoms with Crippen LogP contribution in [0.5, 0.6) is 0 Å². The Kier molecular flexibility index (Phi) is 6.17. The van der Waals surface area contributed by atoms with E-state index < -0.39 is 24.0 Å². The molecule has 3 aromatic heterocycles. The number of aliphatic hydroxyl groups excluding tert-OH is 1. The first kappa shape index (κ1) is 23.8. The molecule has 3 N–H and O–H groups in total. The van der Waals surface area contributed by atoms with Gasteiger partial charge in [-0.25, -0.2) is 9.50 Å². The van der Waals surface area contributed by atoms with Gasteiger partial charge in [-0.05, 0) is 41.8 Å². The van der Waals surface area contributed by atoms with E-state index in [-0.39, 0.29) is 29.5 Å². The molecule has 1 aliphatic carbocycles. The maximum absolute atomic E-state index is 13.3. The molecule has 1 aliphatic rings. The minimum Gasteiger partial charge on any atom is -0.390 e. The molecule has 0 fully saturated rings. The van der Waals surface area contributed by atoms with Crippen molar-refractivity contribution in [3.8, 4) is 0 Å². The molecule has 2 atom stereocenters. The molecule has 11 heteroatoms. The number of aromatic nitrogens is 4. The average molecular weight is 495 g/mol. The number of carbonyl (C=O) groups excluding carboxylic acids is 3. The summed E-state index contributed by atoms with van der Waals surface area (Å²) in [7, 11) is 0. The summed E-state index contributed by atoms with van der Waals surface area (Å²) in [5, 5.41) is 20.4. The van der Waals surface area contributed by atoms with Crippen molar-refractivity contribution in [2.24, 2.45) is 0 Å². The van der Waals surface area contributed by atoms with Crippen LogP contribution in [0.3, 0.4) is 0 Å². The molecule has 11 nitrogen and oxygen atoms in total. The van der Waals surface area contributed by atoms with Crippen molar-refractivity contribution in [3.63, 3.8) is 0 Å². The topological polar surface area (TPSA) is 143 Å². The number of rotatable bonds is 6. The molecular weight excluding hydrogens is 474 g/mol. The monoisotopic (exact) mass is 495 g/mol. The predicted molar refractivity (Wildman–Crippen MR) is 131 cm³/mol. The summed E-state index contributed by atoms with van der Waals surface area (Å²) in [6, 6.07) is 10.6. The number of nitrogens with one attached hydrogen (secondary N) is 2. The third kappa shape index (κ3) is 4.65. The van der Waals surface area contributed by atoms with E-state index in [0.29, 0.717) is 23.2 Å². The van der Waals surface area contributed by atoms with Gasteiger partial charge in [0.1, 0.15) is 17.6 Å².